The van der Waals surface area contributed by atoms with Crippen LogP contribution in [0.2, 0.25) is 0 Å². The second kappa shape index (κ2) is 25.5. The molecule has 0 bridgehead atoms. The molecule has 0 aliphatic heterocycles. The van der Waals surface area contributed by atoms with Crippen molar-refractivity contribution in [2.24, 2.45) is 0 Å². The number of unbranched alkanes of at least 4 members (excludes halogenated alkanes) is 7. The van der Waals surface area contributed by atoms with E-state index in [0.717, 1.165) is 25.7 Å². The van der Waals surface area contributed by atoms with Gasteiger partial charge in [-0.05, 0) is 12.8 Å². The van der Waals surface area contributed by atoms with Crippen LogP contribution >= 0.6 is 25.3 Å². The van der Waals surface area contributed by atoms with Crippen LogP contribution in [0.25, 0.3) is 0 Å². The molecule has 22 heavy (non-hydrogen) atoms. The molecule has 0 amide bonds. The molecule has 4 N–H and O–H groups in total. The van der Waals surface area contributed by atoms with Gasteiger partial charge < -0.3 is 20.4 Å². The van der Waals surface area contributed by atoms with Gasteiger partial charge in [-0.15, -0.1) is 0 Å². The summed E-state index contributed by atoms with van der Waals surface area (Å²) in [5.74, 6) is -1.93. The summed E-state index contributed by atoms with van der Waals surface area (Å²) in [6.07, 6.45) is 9.30. The average Bonchev–Trinajstić information content (AvgIpc) is 2.51. The Hall–Kier alpha value is -0.440. The molecular weight excluding hydrogens is 328 g/mol. The summed E-state index contributed by atoms with van der Waals surface area (Å²) < 4.78 is 0. The summed E-state index contributed by atoms with van der Waals surface area (Å²) in [5.41, 5.74) is 0. The van der Waals surface area contributed by atoms with Crippen LogP contribution in [0, 0.1) is 0 Å². The van der Waals surface area contributed by atoms with E-state index in [-0.39, 0.29) is 11.5 Å². The molecule has 0 aromatic heterocycles. The van der Waals surface area contributed by atoms with Crippen molar-refractivity contribution in [3.8, 4) is 0 Å². The Kier molecular flexibility index (Phi) is 30.7. The van der Waals surface area contributed by atoms with Gasteiger partial charge in [0.25, 0.3) is 0 Å². The van der Waals surface area contributed by atoms with Crippen LogP contribution in [-0.2, 0) is 9.59 Å². The molecule has 0 saturated carbocycles. The SMILES string of the molecule is O=C(O)CS.O=C(O)CS.OCCCCCCCCCCO. The number of hydrogen-bond acceptors (Lipinski definition) is 6. The van der Waals surface area contributed by atoms with E-state index in [9.17, 15) is 9.59 Å². The molecule has 0 atom stereocenters. The number of aliphatic hydroxyl groups is 2. The van der Waals surface area contributed by atoms with Crippen LogP contribution < -0.4 is 0 Å². The Labute approximate surface area is 143 Å². The smallest absolute Gasteiger partial charge is 0.313 e. The molecule has 0 radical (unpaired) electrons. The Balaban J connectivity index is -0.000000298. The highest BCUT2D eigenvalue weighted by Crippen LogP contribution is 2.07. The Bertz CT molecular complexity index is 215. The van der Waals surface area contributed by atoms with E-state index < -0.39 is 11.9 Å². The van der Waals surface area contributed by atoms with Crippen LogP contribution in [0.4, 0.5) is 0 Å². The van der Waals surface area contributed by atoms with Gasteiger partial charge in [0.15, 0.2) is 0 Å². The van der Waals surface area contributed by atoms with E-state index in [1.165, 1.54) is 25.7 Å². The lowest BCUT2D eigenvalue weighted by molar-refractivity contribution is -0.134. The molecule has 0 aromatic carbocycles. The number of carbonyl (C=O) groups is 2. The molecule has 0 unspecified atom stereocenters. The number of thiol groups is 2. The maximum Gasteiger partial charge on any atom is 0.313 e. The first-order valence-electron chi connectivity index (χ1n) is 7.33. The predicted molar refractivity (Wildman–Crippen MR) is 94.1 cm³/mol. The fourth-order valence-corrected chi connectivity index (χ4v) is 1.28. The topological polar surface area (TPSA) is 115 Å². The molecule has 6 nitrogen and oxygen atoms in total. The van der Waals surface area contributed by atoms with Crippen LogP contribution in [0.3, 0.4) is 0 Å². The molecular formula is C14H30O6S2. The standard InChI is InChI=1S/C10H22O2.2C2H4O2S/c11-9-7-5-3-1-2-4-6-8-10-12;2*3-2(4)1-5/h11-12H,1-10H2;2*5H,1H2,(H,3,4). The van der Waals surface area contributed by atoms with Gasteiger partial charge in [-0.25, -0.2) is 0 Å². The highest BCUT2D eigenvalue weighted by Gasteiger charge is 1.90. The molecule has 0 aliphatic carbocycles. The molecule has 134 valence electrons. The number of aliphatic hydroxyl groups excluding tert-OH is 2. The largest absolute Gasteiger partial charge is 0.481 e. The molecule has 0 aliphatic rings. The lowest BCUT2D eigenvalue weighted by atomic mass is 10.1. The van der Waals surface area contributed by atoms with E-state index in [4.69, 9.17) is 20.4 Å². The number of rotatable bonds is 11. The first-order valence-corrected chi connectivity index (χ1v) is 8.59. The molecule has 8 heteroatoms. The van der Waals surface area contributed by atoms with E-state index in [1.54, 1.807) is 0 Å². The minimum Gasteiger partial charge on any atom is -0.481 e. The number of carboxylic acid groups (broad SMARTS) is 2. The molecule has 0 rings (SSSR count). The van der Waals surface area contributed by atoms with Gasteiger partial charge in [0.1, 0.15) is 0 Å². The van der Waals surface area contributed by atoms with Crippen LogP contribution in [0.1, 0.15) is 51.4 Å². The van der Waals surface area contributed by atoms with Crippen molar-refractivity contribution in [2.45, 2.75) is 51.4 Å². The van der Waals surface area contributed by atoms with Gasteiger partial charge in [-0.2, -0.15) is 25.3 Å². The van der Waals surface area contributed by atoms with Crippen LogP contribution in [0.5, 0.6) is 0 Å². The summed E-state index contributed by atoms with van der Waals surface area (Å²) in [5, 5.41) is 32.3. The number of hydrogen-bond donors (Lipinski definition) is 6. The lowest BCUT2D eigenvalue weighted by Gasteiger charge is -1.99. The zero-order valence-corrected chi connectivity index (χ0v) is 14.8. The molecule has 0 fully saturated rings. The lowest BCUT2D eigenvalue weighted by Crippen LogP contribution is -1.92. The molecule has 0 saturated heterocycles. The maximum atomic E-state index is 9.29. The summed E-state index contributed by atoms with van der Waals surface area (Å²) in [6.45, 7) is 0.676. The van der Waals surface area contributed by atoms with Crippen molar-refractivity contribution in [1.82, 2.24) is 0 Å². The van der Waals surface area contributed by atoms with Crippen LogP contribution in [-0.4, -0.2) is 57.1 Å². The predicted octanol–water partition coefficient (Wildman–Crippen LogP) is 2.09. The van der Waals surface area contributed by atoms with Gasteiger partial charge in [0.05, 0.1) is 11.5 Å². The summed E-state index contributed by atoms with van der Waals surface area (Å²) >= 11 is 6.83. The van der Waals surface area contributed by atoms with Gasteiger partial charge >= 0.3 is 11.9 Å². The minimum absolute atomic E-state index is 0.0833. The molecule has 0 aromatic rings. The van der Waals surface area contributed by atoms with Crippen molar-refractivity contribution in [1.29, 1.82) is 0 Å². The van der Waals surface area contributed by atoms with Gasteiger partial charge in [-0.3, -0.25) is 9.59 Å². The van der Waals surface area contributed by atoms with E-state index in [0.29, 0.717) is 13.2 Å². The van der Waals surface area contributed by atoms with E-state index in [1.807, 2.05) is 0 Å². The Morgan fingerprint density at radius 1 is 0.591 bits per heavy atom. The maximum absolute atomic E-state index is 9.29. The van der Waals surface area contributed by atoms with E-state index >= 15 is 0 Å². The molecule has 0 heterocycles. The summed E-state index contributed by atoms with van der Waals surface area (Å²) in [4.78, 5) is 18.6. The number of aliphatic carboxylic acids is 2. The zero-order valence-electron chi connectivity index (χ0n) is 13.0. The summed E-state index contributed by atoms with van der Waals surface area (Å²) in [7, 11) is 0. The minimum atomic E-state index is -0.881. The third kappa shape index (κ3) is 42.7. The third-order valence-corrected chi connectivity index (χ3v) is 2.88. The Morgan fingerprint density at radius 2 is 0.773 bits per heavy atom. The van der Waals surface area contributed by atoms with Crippen molar-refractivity contribution in [2.75, 3.05) is 24.7 Å². The highest BCUT2D eigenvalue weighted by atomic mass is 32.1. The fourth-order valence-electron chi connectivity index (χ4n) is 1.28. The normalized spacial score (nSPS) is 9.09. The van der Waals surface area contributed by atoms with Crippen LogP contribution in [0.15, 0.2) is 0 Å². The van der Waals surface area contributed by atoms with Gasteiger partial charge in [-0.1, -0.05) is 38.5 Å². The van der Waals surface area contributed by atoms with Crippen molar-refractivity contribution < 1.29 is 30.0 Å². The van der Waals surface area contributed by atoms with Gasteiger partial charge in [0, 0.05) is 13.2 Å². The fraction of sp³-hybridized carbons (Fsp3) is 0.857. The molecule has 0 spiro atoms. The quantitative estimate of drug-likeness (QED) is 0.249. The number of carboxylic acids is 2. The first-order chi connectivity index (χ1) is 10.5. The highest BCUT2D eigenvalue weighted by molar-refractivity contribution is 7.81. The van der Waals surface area contributed by atoms with Crippen molar-refractivity contribution in [3.05, 3.63) is 0 Å². The van der Waals surface area contributed by atoms with Gasteiger partial charge in [0.2, 0.25) is 0 Å². The second-order valence-electron chi connectivity index (χ2n) is 4.38. The first kappa shape index (κ1) is 26.5. The monoisotopic (exact) mass is 358 g/mol. The Morgan fingerprint density at radius 3 is 0.909 bits per heavy atom. The third-order valence-electron chi connectivity index (χ3n) is 2.34. The van der Waals surface area contributed by atoms with E-state index in [2.05, 4.69) is 25.3 Å². The average molecular weight is 359 g/mol. The van der Waals surface area contributed by atoms with Crippen molar-refractivity contribution >= 4 is 37.2 Å². The summed E-state index contributed by atoms with van der Waals surface area (Å²) in [6, 6.07) is 0. The zero-order chi connectivity index (χ0) is 17.6. The van der Waals surface area contributed by atoms with Crippen molar-refractivity contribution in [3.63, 3.8) is 0 Å². The second-order valence-corrected chi connectivity index (χ2v) is 5.01.